The Labute approximate surface area is 200 Å². The Morgan fingerprint density at radius 1 is 1.15 bits per heavy atom. The number of likely N-dealkylation sites (tertiary alicyclic amines) is 1. The lowest BCUT2D eigenvalue weighted by atomic mass is 10.0. The van der Waals surface area contributed by atoms with Crippen LogP contribution in [0.5, 0.6) is 5.75 Å². The van der Waals surface area contributed by atoms with Crippen LogP contribution in [0.4, 0.5) is 5.82 Å². The highest BCUT2D eigenvalue weighted by molar-refractivity contribution is 5.97. The number of ether oxygens (including phenoxy) is 2. The number of benzene rings is 1. The number of aliphatic imine (C=N–C) groups is 1. The molecule has 178 valence electrons. The minimum Gasteiger partial charge on any atom is -0.497 e. The summed E-state index contributed by atoms with van der Waals surface area (Å²) in [6.45, 7) is 11.9. The van der Waals surface area contributed by atoms with E-state index in [1.54, 1.807) is 7.11 Å². The first-order chi connectivity index (χ1) is 16.7. The predicted octanol–water partition coefficient (Wildman–Crippen LogP) is 4.05. The van der Waals surface area contributed by atoms with Crippen molar-refractivity contribution >= 4 is 29.6 Å². The fraction of sp³-hybridized carbons (Fsp3) is 0.423. The monoisotopic (exact) mass is 460 g/mol. The van der Waals surface area contributed by atoms with Crippen LogP contribution in [0.1, 0.15) is 19.8 Å². The molecular formula is C26H32N6O2. The van der Waals surface area contributed by atoms with Crippen molar-refractivity contribution in [3.8, 4) is 16.9 Å². The number of aromatic nitrogens is 3. The topological polar surface area (TPSA) is 68.0 Å². The zero-order valence-electron chi connectivity index (χ0n) is 20.0. The van der Waals surface area contributed by atoms with E-state index in [4.69, 9.17) is 9.47 Å². The largest absolute Gasteiger partial charge is 0.497 e. The SMILES string of the molecule is C=Nc1c(-c2ccnc3ccc(OC)cc23)cnn1/C=C(\C)N1CCC(N2CCOCC2)CC1. The van der Waals surface area contributed by atoms with Crippen LogP contribution in [0.2, 0.25) is 0 Å². The van der Waals surface area contributed by atoms with Gasteiger partial charge in [-0.1, -0.05) is 0 Å². The van der Waals surface area contributed by atoms with E-state index >= 15 is 0 Å². The van der Waals surface area contributed by atoms with E-state index in [1.807, 2.05) is 41.3 Å². The molecule has 0 amide bonds. The molecule has 2 aliphatic rings. The van der Waals surface area contributed by atoms with Gasteiger partial charge in [0.25, 0.3) is 0 Å². The number of morpholine rings is 1. The molecule has 0 bridgehead atoms. The van der Waals surface area contributed by atoms with Crippen LogP contribution >= 0.6 is 0 Å². The highest BCUT2D eigenvalue weighted by Crippen LogP contribution is 2.36. The van der Waals surface area contributed by atoms with Gasteiger partial charge in [-0.3, -0.25) is 9.88 Å². The van der Waals surface area contributed by atoms with Crippen molar-refractivity contribution in [3.05, 3.63) is 42.4 Å². The number of allylic oxidation sites excluding steroid dienone is 1. The minimum absolute atomic E-state index is 0.659. The number of piperidine rings is 1. The van der Waals surface area contributed by atoms with Gasteiger partial charge in [0, 0.05) is 61.3 Å². The highest BCUT2D eigenvalue weighted by Gasteiger charge is 2.26. The summed E-state index contributed by atoms with van der Waals surface area (Å²) in [7, 11) is 1.67. The van der Waals surface area contributed by atoms with E-state index in [-0.39, 0.29) is 0 Å². The number of fused-ring (bicyclic) bond motifs is 1. The van der Waals surface area contributed by atoms with Gasteiger partial charge < -0.3 is 14.4 Å². The molecule has 0 atom stereocenters. The lowest BCUT2D eigenvalue weighted by molar-refractivity contribution is 0.00349. The Morgan fingerprint density at radius 3 is 2.68 bits per heavy atom. The summed E-state index contributed by atoms with van der Waals surface area (Å²) in [6, 6.07) is 8.54. The van der Waals surface area contributed by atoms with Crippen LogP contribution in [0, 0.1) is 0 Å². The molecule has 0 spiro atoms. The van der Waals surface area contributed by atoms with Gasteiger partial charge in [-0.15, -0.1) is 0 Å². The van der Waals surface area contributed by atoms with Gasteiger partial charge in [-0.2, -0.15) is 5.10 Å². The smallest absolute Gasteiger partial charge is 0.162 e. The number of methoxy groups -OCH3 is 1. The maximum atomic E-state index is 5.51. The molecule has 0 radical (unpaired) electrons. The number of pyridine rings is 1. The molecule has 0 aliphatic carbocycles. The van der Waals surface area contributed by atoms with Gasteiger partial charge >= 0.3 is 0 Å². The Hall–Kier alpha value is -3.23. The summed E-state index contributed by atoms with van der Waals surface area (Å²) in [5, 5.41) is 5.64. The van der Waals surface area contributed by atoms with Gasteiger partial charge in [0.15, 0.2) is 5.82 Å². The summed E-state index contributed by atoms with van der Waals surface area (Å²) >= 11 is 0. The van der Waals surface area contributed by atoms with Crippen molar-refractivity contribution in [1.82, 2.24) is 24.6 Å². The van der Waals surface area contributed by atoms with E-state index in [1.165, 1.54) is 18.5 Å². The van der Waals surface area contributed by atoms with Crippen LogP contribution in [-0.2, 0) is 4.74 Å². The second-order valence-electron chi connectivity index (χ2n) is 8.86. The van der Waals surface area contributed by atoms with Crippen molar-refractivity contribution in [1.29, 1.82) is 0 Å². The Balaban J connectivity index is 1.38. The van der Waals surface area contributed by atoms with Crippen molar-refractivity contribution in [2.75, 3.05) is 46.5 Å². The Kier molecular flexibility index (Phi) is 6.60. The summed E-state index contributed by atoms with van der Waals surface area (Å²) in [5.74, 6) is 1.51. The molecule has 1 aromatic carbocycles. The maximum absolute atomic E-state index is 5.51. The van der Waals surface area contributed by atoms with Crippen molar-refractivity contribution < 1.29 is 9.47 Å². The van der Waals surface area contributed by atoms with Crippen molar-refractivity contribution in [2.24, 2.45) is 4.99 Å². The first kappa shape index (κ1) is 22.6. The van der Waals surface area contributed by atoms with E-state index in [0.29, 0.717) is 6.04 Å². The molecule has 4 heterocycles. The normalized spacial score (nSPS) is 18.4. The third-order valence-corrected chi connectivity index (χ3v) is 6.99. The Bertz CT molecular complexity index is 1190. The molecule has 2 fully saturated rings. The summed E-state index contributed by atoms with van der Waals surface area (Å²) < 4.78 is 12.8. The number of hydrogen-bond acceptors (Lipinski definition) is 7. The van der Waals surface area contributed by atoms with Crippen LogP contribution in [-0.4, -0.2) is 83.8 Å². The van der Waals surface area contributed by atoms with Crippen LogP contribution < -0.4 is 4.74 Å². The second kappa shape index (κ2) is 9.95. The first-order valence-electron chi connectivity index (χ1n) is 11.9. The molecule has 8 nitrogen and oxygen atoms in total. The van der Waals surface area contributed by atoms with Crippen molar-refractivity contribution in [3.63, 3.8) is 0 Å². The second-order valence-corrected chi connectivity index (χ2v) is 8.86. The maximum Gasteiger partial charge on any atom is 0.162 e. The molecule has 0 saturated carbocycles. The molecular weight excluding hydrogens is 428 g/mol. The van der Waals surface area contributed by atoms with Gasteiger partial charge in [0.2, 0.25) is 0 Å². The minimum atomic E-state index is 0.659. The Morgan fingerprint density at radius 2 is 1.94 bits per heavy atom. The summed E-state index contributed by atoms with van der Waals surface area (Å²) in [4.78, 5) is 13.9. The average Bonchev–Trinajstić information content (AvgIpc) is 3.30. The highest BCUT2D eigenvalue weighted by atomic mass is 16.5. The lowest BCUT2D eigenvalue weighted by Crippen LogP contribution is -2.48. The van der Waals surface area contributed by atoms with Crippen molar-refractivity contribution in [2.45, 2.75) is 25.8 Å². The standard InChI is InChI=1S/C26H32N6O2/c1-19(30-10-7-20(8-11-30)31-12-14-34-15-13-31)18-32-26(27-2)24(17-29-32)22-6-9-28-25-5-4-21(33-3)16-23(22)25/h4-6,9,16-18,20H,2,7-8,10-15H2,1,3H3/b19-18+. The zero-order chi connectivity index (χ0) is 23.5. The molecule has 8 heteroatoms. The molecule has 5 rings (SSSR count). The number of nitrogens with zero attached hydrogens (tertiary/aromatic N) is 6. The molecule has 2 aromatic heterocycles. The fourth-order valence-electron chi connectivity index (χ4n) is 5.07. The van der Waals surface area contributed by atoms with E-state index in [2.05, 4.69) is 44.7 Å². The van der Waals surface area contributed by atoms with Gasteiger partial charge in [0.1, 0.15) is 5.75 Å². The fourth-order valence-corrected chi connectivity index (χ4v) is 5.07. The third kappa shape index (κ3) is 4.43. The quantitative estimate of drug-likeness (QED) is 0.517. The van der Waals surface area contributed by atoms with Crippen LogP contribution in [0.15, 0.2) is 47.3 Å². The first-order valence-corrected chi connectivity index (χ1v) is 11.9. The molecule has 0 N–H and O–H groups in total. The number of hydrogen-bond donors (Lipinski definition) is 0. The number of rotatable bonds is 6. The van der Waals surface area contributed by atoms with Crippen LogP contribution in [0.3, 0.4) is 0 Å². The zero-order valence-corrected chi connectivity index (χ0v) is 20.0. The molecule has 3 aromatic rings. The van der Waals surface area contributed by atoms with Gasteiger partial charge in [-0.05, 0) is 56.3 Å². The summed E-state index contributed by atoms with van der Waals surface area (Å²) in [6.07, 6.45) is 8.08. The molecule has 2 aliphatic heterocycles. The lowest BCUT2D eigenvalue weighted by Gasteiger charge is -2.41. The average molecular weight is 461 g/mol. The molecule has 0 unspecified atom stereocenters. The summed E-state index contributed by atoms with van der Waals surface area (Å²) in [5.41, 5.74) is 4.01. The van der Waals surface area contributed by atoms with Gasteiger partial charge in [-0.25, -0.2) is 9.67 Å². The predicted molar refractivity (Wildman–Crippen MR) is 136 cm³/mol. The van der Waals surface area contributed by atoms with Crippen LogP contribution in [0.25, 0.3) is 28.2 Å². The molecule has 34 heavy (non-hydrogen) atoms. The molecule has 2 saturated heterocycles. The van der Waals surface area contributed by atoms with Gasteiger partial charge in [0.05, 0.1) is 32.0 Å². The third-order valence-electron chi connectivity index (χ3n) is 6.99. The van der Waals surface area contributed by atoms with E-state index in [9.17, 15) is 0 Å². The van der Waals surface area contributed by atoms with E-state index < -0.39 is 0 Å². The van der Waals surface area contributed by atoms with E-state index in [0.717, 1.165) is 73.0 Å².